The molecule has 6 heteroatoms. The lowest BCUT2D eigenvalue weighted by Crippen LogP contribution is -2.80. The Morgan fingerprint density at radius 1 is 1.19 bits per heavy atom. The van der Waals surface area contributed by atoms with Crippen LogP contribution in [-0.2, 0) is 4.79 Å². The van der Waals surface area contributed by atoms with Gasteiger partial charge in [-0.05, 0) is 50.0 Å². The third-order valence-electron chi connectivity index (χ3n) is 6.41. The van der Waals surface area contributed by atoms with E-state index in [1.54, 1.807) is 17.1 Å². The molecule has 2 fully saturated rings. The molecule has 0 radical (unpaired) electrons. The van der Waals surface area contributed by atoms with E-state index in [-0.39, 0.29) is 6.54 Å². The van der Waals surface area contributed by atoms with Gasteiger partial charge < -0.3 is 26.5 Å². The van der Waals surface area contributed by atoms with Crippen LogP contribution in [0.25, 0.3) is 6.08 Å². The molecule has 0 aliphatic heterocycles. The minimum Gasteiger partial charge on any atom is -0.477 e. The number of carboxylic acids is 1. The zero-order valence-electron chi connectivity index (χ0n) is 18.5. The minimum atomic E-state index is -0.848. The second kappa shape index (κ2) is 11.9. The molecule has 0 amide bonds. The highest BCUT2D eigenvalue weighted by Gasteiger charge is 2.40. The van der Waals surface area contributed by atoms with Gasteiger partial charge in [-0.2, -0.15) is 0 Å². The lowest BCUT2D eigenvalue weighted by Gasteiger charge is -2.30. The third kappa shape index (κ3) is 7.73. The van der Waals surface area contributed by atoms with Gasteiger partial charge in [0.25, 0.3) is 0 Å². The molecule has 31 heavy (non-hydrogen) atoms. The normalized spacial score (nSPS) is 26.5. The number of nitrogens with two attached hydrogens (primary N) is 1. The molecule has 2 unspecified atom stereocenters. The number of carbonyl (C=O) groups is 1. The summed E-state index contributed by atoms with van der Waals surface area (Å²) in [6.45, 7) is 2.88. The number of hydrogen-bond acceptors (Lipinski definition) is 4. The molecular formula is C25H37N4O2+. The van der Waals surface area contributed by atoms with Crippen LogP contribution in [0.1, 0.15) is 51.0 Å². The highest BCUT2D eigenvalue weighted by molar-refractivity contribution is 5.75. The summed E-state index contributed by atoms with van der Waals surface area (Å²) in [5.41, 5.74) is 3.68. The SMILES string of the molecule is CCC(=Cc1ccccc1)C1CC1NC1CCC(NCC(C=N)=C[NH2+]CC(=O)O)CC1. The summed E-state index contributed by atoms with van der Waals surface area (Å²) in [5.74, 6) is -0.165. The first kappa shape index (κ1) is 23.4. The van der Waals surface area contributed by atoms with Crippen molar-refractivity contribution in [2.24, 2.45) is 5.92 Å². The standard InChI is InChI=1S/C25H36N4O2/c1-2-20(12-18-6-4-3-5-7-18)23-13-24(23)29-22-10-8-21(9-11-22)28-16-19(14-26)15-27-17-25(30)31/h3-7,12,14-15,21-24,26-29H,2,8-11,13,16-17H2,1H3,(H,30,31)/p+1. The van der Waals surface area contributed by atoms with Gasteiger partial charge in [0.2, 0.25) is 0 Å². The van der Waals surface area contributed by atoms with Crippen LogP contribution in [0.3, 0.4) is 0 Å². The van der Waals surface area contributed by atoms with Crippen molar-refractivity contribution in [1.29, 1.82) is 5.41 Å². The Bertz CT molecular complexity index is 782. The van der Waals surface area contributed by atoms with Crippen LogP contribution in [0.4, 0.5) is 0 Å². The molecule has 1 aromatic rings. The van der Waals surface area contributed by atoms with Gasteiger partial charge in [0.05, 0.1) is 6.20 Å². The first-order chi connectivity index (χ1) is 15.1. The van der Waals surface area contributed by atoms with E-state index in [9.17, 15) is 4.79 Å². The molecule has 6 N–H and O–H groups in total. The topological polar surface area (TPSA) is 102 Å². The number of nitrogens with one attached hydrogen (secondary N) is 3. The fourth-order valence-corrected chi connectivity index (χ4v) is 4.52. The summed E-state index contributed by atoms with van der Waals surface area (Å²) in [7, 11) is 0. The highest BCUT2D eigenvalue weighted by Crippen LogP contribution is 2.40. The van der Waals surface area contributed by atoms with E-state index in [0.29, 0.717) is 30.6 Å². The predicted molar refractivity (Wildman–Crippen MR) is 125 cm³/mol. The Kier molecular flexibility index (Phi) is 9.00. The van der Waals surface area contributed by atoms with Crippen LogP contribution in [0.2, 0.25) is 0 Å². The molecule has 0 spiro atoms. The molecule has 6 nitrogen and oxygen atoms in total. The van der Waals surface area contributed by atoms with Crippen molar-refractivity contribution in [2.75, 3.05) is 13.1 Å². The van der Waals surface area contributed by atoms with Crippen molar-refractivity contribution in [2.45, 2.75) is 63.6 Å². The maximum Gasteiger partial charge on any atom is 0.359 e. The first-order valence-corrected chi connectivity index (χ1v) is 11.6. The zero-order chi connectivity index (χ0) is 22.1. The first-order valence-electron chi connectivity index (χ1n) is 11.6. The molecule has 2 aliphatic carbocycles. The number of benzene rings is 1. The van der Waals surface area contributed by atoms with E-state index in [2.05, 4.69) is 54.0 Å². The molecule has 1 aromatic carbocycles. The molecule has 0 aromatic heterocycles. The molecule has 0 saturated heterocycles. The second-order valence-electron chi connectivity index (χ2n) is 8.75. The summed E-state index contributed by atoms with van der Waals surface area (Å²) < 4.78 is 0. The highest BCUT2D eigenvalue weighted by atomic mass is 16.4. The maximum absolute atomic E-state index is 10.6. The van der Waals surface area contributed by atoms with Gasteiger partial charge in [-0.15, -0.1) is 0 Å². The van der Waals surface area contributed by atoms with E-state index in [1.165, 1.54) is 31.0 Å². The van der Waals surface area contributed by atoms with Gasteiger partial charge in [0.1, 0.15) is 0 Å². The molecule has 0 heterocycles. The van der Waals surface area contributed by atoms with Gasteiger partial charge in [0.15, 0.2) is 6.54 Å². The Balaban J connectivity index is 1.37. The quantitative estimate of drug-likeness (QED) is 0.332. The van der Waals surface area contributed by atoms with Crippen molar-refractivity contribution in [3.63, 3.8) is 0 Å². The van der Waals surface area contributed by atoms with Crippen molar-refractivity contribution >= 4 is 18.3 Å². The summed E-state index contributed by atoms with van der Waals surface area (Å²) >= 11 is 0. The second-order valence-corrected chi connectivity index (χ2v) is 8.75. The maximum atomic E-state index is 10.6. The average Bonchev–Trinajstić information content (AvgIpc) is 3.54. The molecule has 2 atom stereocenters. The molecule has 168 valence electrons. The monoisotopic (exact) mass is 425 g/mol. The smallest absolute Gasteiger partial charge is 0.359 e. The summed E-state index contributed by atoms with van der Waals surface area (Å²) in [6, 6.07) is 12.3. The minimum absolute atomic E-state index is 0.00341. The number of hydrogen-bond donors (Lipinski definition) is 5. The van der Waals surface area contributed by atoms with Gasteiger partial charge >= 0.3 is 5.97 Å². The number of carboxylic acid groups (broad SMARTS) is 1. The van der Waals surface area contributed by atoms with Crippen LogP contribution in [0.5, 0.6) is 0 Å². The number of quaternary nitrogens is 1. The Hall–Kier alpha value is -2.28. The number of rotatable bonds is 12. The zero-order valence-corrected chi connectivity index (χ0v) is 18.5. The fourth-order valence-electron chi connectivity index (χ4n) is 4.52. The molecule has 0 bridgehead atoms. The third-order valence-corrected chi connectivity index (χ3v) is 6.41. The van der Waals surface area contributed by atoms with E-state index >= 15 is 0 Å². The largest absolute Gasteiger partial charge is 0.477 e. The van der Waals surface area contributed by atoms with E-state index < -0.39 is 5.97 Å². The van der Waals surface area contributed by atoms with Crippen molar-refractivity contribution in [3.05, 3.63) is 53.2 Å². The fraction of sp³-hybridized carbons (Fsp3) is 0.520. The van der Waals surface area contributed by atoms with Crippen LogP contribution in [0.15, 0.2) is 47.7 Å². The van der Waals surface area contributed by atoms with Crippen molar-refractivity contribution in [1.82, 2.24) is 10.6 Å². The summed E-state index contributed by atoms with van der Waals surface area (Å²) in [5, 5.41) is 25.3. The molecular weight excluding hydrogens is 388 g/mol. The molecule has 2 saturated carbocycles. The predicted octanol–water partition coefficient (Wildman–Crippen LogP) is 2.54. The van der Waals surface area contributed by atoms with Crippen LogP contribution in [0, 0.1) is 11.3 Å². The Labute approximate surface area is 185 Å². The van der Waals surface area contributed by atoms with E-state index in [4.69, 9.17) is 10.5 Å². The summed E-state index contributed by atoms with van der Waals surface area (Å²) in [4.78, 5) is 10.6. The Morgan fingerprint density at radius 3 is 2.55 bits per heavy atom. The average molecular weight is 426 g/mol. The van der Waals surface area contributed by atoms with E-state index in [0.717, 1.165) is 24.8 Å². The van der Waals surface area contributed by atoms with Crippen molar-refractivity contribution < 1.29 is 15.2 Å². The van der Waals surface area contributed by atoms with Crippen LogP contribution in [-0.4, -0.2) is 48.5 Å². The molecule has 2 aliphatic rings. The van der Waals surface area contributed by atoms with Gasteiger partial charge in [-0.3, -0.25) is 0 Å². The van der Waals surface area contributed by atoms with Crippen molar-refractivity contribution in [3.8, 4) is 0 Å². The lowest BCUT2D eigenvalue weighted by atomic mass is 9.91. The van der Waals surface area contributed by atoms with Gasteiger partial charge in [0, 0.05) is 36.5 Å². The van der Waals surface area contributed by atoms with Crippen LogP contribution >= 0.6 is 0 Å². The summed E-state index contributed by atoms with van der Waals surface area (Å²) in [6.07, 6.45) is 12.4. The van der Waals surface area contributed by atoms with Crippen LogP contribution < -0.4 is 16.0 Å². The number of aliphatic carboxylic acids is 1. The Morgan fingerprint density at radius 2 is 1.90 bits per heavy atom. The lowest BCUT2D eigenvalue weighted by molar-refractivity contribution is -0.578. The van der Waals surface area contributed by atoms with Gasteiger partial charge in [-0.1, -0.05) is 48.9 Å². The van der Waals surface area contributed by atoms with E-state index in [1.807, 2.05) is 0 Å². The van der Waals surface area contributed by atoms with Gasteiger partial charge in [-0.25, -0.2) is 4.79 Å². The molecule has 3 rings (SSSR count).